The molecule has 0 bridgehead atoms. The van der Waals surface area contributed by atoms with Gasteiger partial charge in [0, 0.05) is 26.2 Å². The Labute approximate surface area is 127 Å². The van der Waals surface area contributed by atoms with Gasteiger partial charge in [-0.25, -0.2) is 0 Å². The number of hydrogen-bond acceptors (Lipinski definition) is 4. The standard InChI is InChI=1S/C16H27N3O2/c1-11(2)9-16(3,21)10-18-14-8-12(6-7-13(14)17)15(20)19(4)5/h6-8,11,18,21H,9-10,17H2,1-5H3. The van der Waals surface area contributed by atoms with Crippen molar-refractivity contribution in [3.63, 3.8) is 0 Å². The number of amides is 1. The molecule has 118 valence electrons. The summed E-state index contributed by atoms with van der Waals surface area (Å²) < 4.78 is 0. The van der Waals surface area contributed by atoms with E-state index in [1.807, 2.05) is 0 Å². The third-order valence-corrected chi connectivity index (χ3v) is 3.21. The Kier molecular flexibility index (Phi) is 5.61. The molecule has 4 N–H and O–H groups in total. The SMILES string of the molecule is CC(C)CC(C)(O)CNc1cc(C(=O)N(C)C)ccc1N. The largest absolute Gasteiger partial charge is 0.397 e. The maximum atomic E-state index is 12.0. The highest BCUT2D eigenvalue weighted by Gasteiger charge is 2.22. The topological polar surface area (TPSA) is 78.6 Å². The van der Waals surface area contributed by atoms with Crippen LogP contribution in [0.3, 0.4) is 0 Å². The van der Waals surface area contributed by atoms with Crippen molar-refractivity contribution in [1.29, 1.82) is 0 Å². The van der Waals surface area contributed by atoms with Crippen molar-refractivity contribution in [3.8, 4) is 0 Å². The van der Waals surface area contributed by atoms with Crippen LogP contribution in [0.5, 0.6) is 0 Å². The number of nitrogens with zero attached hydrogens (tertiary/aromatic N) is 1. The molecule has 1 amide bonds. The second-order valence-electron chi connectivity index (χ2n) is 6.45. The molecule has 1 aromatic rings. The van der Waals surface area contributed by atoms with Crippen LogP contribution >= 0.6 is 0 Å². The number of anilines is 2. The van der Waals surface area contributed by atoms with Crippen LogP contribution in [0.25, 0.3) is 0 Å². The number of aliphatic hydroxyl groups is 1. The summed E-state index contributed by atoms with van der Waals surface area (Å²) in [7, 11) is 3.42. The van der Waals surface area contributed by atoms with Crippen LogP contribution in [0.2, 0.25) is 0 Å². The summed E-state index contributed by atoms with van der Waals surface area (Å²) in [4.78, 5) is 13.5. The predicted octanol–water partition coefficient (Wildman–Crippen LogP) is 2.18. The molecule has 0 aliphatic carbocycles. The fraction of sp³-hybridized carbons (Fsp3) is 0.562. The predicted molar refractivity (Wildman–Crippen MR) is 87.4 cm³/mol. The molecule has 0 aromatic heterocycles. The van der Waals surface area contributed by atoms with Crippen molar-refractivity contribution in [3.05, 3.63) is 23.8 Å². The maximum absolute atomic E-state index is 12.0. The molecule has 1 unspecified atom stereocenters. The minimum Gasteiger partial charge on any atom is -0.397 e. The van der Waals surface area contributed by atoms with Gasteiger partial charge in [0.15, 0.2) is 0 Å². The summed E-state index contributed by atoms with van der Waals surface area (Å²) in [6.45, 7) is 6.32. The molecule has 1 rings (SSSR count). The maximum Gasteiger partial charge on any atom is 0.253 e. The molecule has 0 aliphatic rings. The van der Waals surface area contributed by atoms with Gasteiger partial charge in [-0.1, -0.05) is 13.8 Å². The minimum atomic E-state index is -0.817. The zero-order chi connectivity index (χ0) is 16.2. The lowest BCUT2D eigenvalue weighted by atomic mass is 9.94. The number of nitrogen functional groups attached to an aromatic ring is 1. The molecule has 0 saturated carbocycles. The van der Waals surface area contributed by atoms with E-state index in [1.165, 1.54) is 4.90 Å². The van der Waals surface area contributed by atoms with Crippen LogP contribution in [-0.4, -0.2) is 42.2 Å². The number of rotatable bonds is 6. The van der Waals surface area contributed by atoms with Gasteiger partial charge in [-0.2, -0.15) is 0 Å². The van der Waals surface area contributed by atoms with Crippen LogP contribution in [0.4, 0.5) is 11.4 Å². The lowest BCUT2D eigenvalue weighted by Crippen LogP contribution is -2.35. The van der Waals surface area contributed by atoms with E-state index in [-0.39, 0.29) is 5.91 Å². The molecule has 5 nitrogen and oxygen atoms in total. The molecule has 0 aliphatic heterocycles. The first-order valence-corrected chi connectivity index (χ1v) is 7.20. The summed E-state index contributed by atoms with van der Waals surface area (Å²) in [6, 6.07) is 5.13. The van der Waals surface area contributed by atoms with E-state index in [1.54, 1.807) is 39.2 Å². The van der Waals surface area contributed by atoms with E-state index in [9.17, 15) is 9.90 Å². The minimum absolute atomic E-state index is 0.0769. The number of carbonyl (C=O) groups excluding carboxylic acids is 1. The molecule has 1 aromatic carbocycles. The first-order valence-electron chi connectivity index (χ1n) is 7.20. The average Bonchev–Trinajstić information content (AvgIpc) is 2.35. The number of hydrogen-bond donors (Lipinski definition) is 3. The van der Waals surface area contributed by atoms with E-state index < -0.39 is 5.60 Å². The lowest BCUT2D eigenvalue weighted by molar-refractivity contribution is 0.0515. The zero-order valence-corrected chi connectivity index (χ0v) is 13.6. The molecule has 0 heterocycles. The normalized spacial score (nSPS) is 13.9. The fourth-order valence-electron chi connectivity index (χ4n) is 2.34. The molecular formula is C16H27N3O2. The van der Waals surface area contributed by atoms with Crippen LogP contribution in [0.15, 0.2) is 18.2 Å². The van der Waals surface area contributed by atoms with Gasteiger partial charge in [0.2, 0.25) is 0 Å². The second kappa shape index (κ2) is 6.80. The van der Waals surface area contributed by atoms with Crippen molar-refractivity contribution in [2.75, 3.05) is 31.7 Å². The number of benzene rings is 1. The average molecular weight is 293 g/mol. The number of nitrogens with one attached hydrogen (secondary N) is 1. The molecular weight excluding hydrogens is 266 g/mol. The first-order chi connectivity index (χ1) is 9.62. The van der Waals surface area contributed by atoms with Gasteiger partial charge in [0.05, 0.1) is 17.0 Å². The van der Waals surface area contributed by atoms with E-state index >= 15 is 0 Å². The Balaban J connectivity index is 2.84. The monoisotopic (exact) mass is 293 g/mol. The Morgan fingerprint density at radius 2 is 2.05 bits per heavy atom. The molecule has 21 heavy (non-hydrogen) atoms. The highest BCUT2D eigenvalue weighted by molar-refractivity contribution is 5.95. The van der Waals surface area contributed by atoms with Gasteiger partial charge in [0.1, 0.15) is 0 Å². The molecule has 0 saturated heterocycles. The van der Waals surface area contributed by atoms with Gasteiger partial charge in [0.25, 0.3) is 5.91 Å². The van der Waals surface area contributed by atoms with Crippen molar-refractivity contribution in [2.24, 2.45) is 5.92 Å². The Hall–Kier alpha value is -1.75. The lowest BCUT2D eigenvalue weighted by Gasteiger charge is -2.26. The van der Waals surface area contributed by atoms with Crippen molar-refractivity contribution in [2.45, 2.75) is 32.8 Å². The first kappa shape index (κ1) is 17.3. The van der Waals surface area contributed by atoms with Crippen LogP contribution in [0.1, 0.15) is 37.6 Å². The van der Waals surface area contributed by atoms with Gasteiger partial charge >= 0.3 is 0 Å². The third kappa shape index (κ3) is 5.27. The zero-order valence-electron chi connectivity index (χ0n) is 13.6. The summed E-state index contributed by atoms with van der Waals surface area (Å²) in [5.41, 5.74) is 6.91. The second-order valence-corrected chi connectivity index (χ2v) is 6.45. The van der Waals surface area contributed by atoms with Crippen LogP contribution in [-0.2, 0) is 0 Å². The van der Waals surface area contributed by atoms with Crippen LogP contribution < -0.4 is 11.1 Å². The third-order valence-electron chi connectivity index (χ3n) is 3.21. The van der Waals surface area contributed by atoms with E-state index in [4.69, 9.17) is 5.73 Å². The summed E-state index contributed by atoms with van der Waals surface area (Å²) in [5.74, 6) is 0.327. The van der Waals surface area contributed by atoms with Gasteiger partial charge < -0.3 is 21.1 Å². The van der Waals surface area contributed by atoms with Crippen molar-refractivity contribution in [1.82, 2.24) is 4.90 Å². The molecule has 0 fully saturated rings. The van der Waals surface area contributed by atoms with E-state index in [0.29, 0.717) is 35.8 Å². The highest BCUT2D eigenvalue weighted by Crippen LogP contribution is 2.23. The van der Waals surface area contributed by atoms with E-state index in [2.05, 4.69) is 19.2 Å². The number of carbonyl (C=O) groups is 1. The van der Waals surface area contributed by atoms with Gasteiger partial charge in [-0.3, -0.25) is 4.79 Å². The number of nitrogens with two attached hydrogens (primary N) is 1. The Morgan fingerprint density at radius 3 is 2.57 bits per heavy atom. The van der Waals surface area contributed by atoms with Crippen molar-refractivity contribution < 1.29 is 9.90 Å². The molecule has 1 atom stereocenters. The summed E-state index contributed by atoms with van der Waals surface area (Å²) >= 11 is 0. The van der Waals surface area contributed by atoms with Gasteiger partial charge in [-0.15, -0.1) is 0 Å². The van der Waals surface area contributed by atoms with Crippen molar-refractivity contribution >= 4 is 17.3 Å². The Morgan fingerprint density at radius 1 is 1.43 bits per heavy atom. The molecule has 0 spiro atoms. The van der Waals surface area contributed by atoms with Crippen LogP contribution in [0, 0.1) is 5.92 Å². The highest BCUT2D eigenvalue weighted by atomic mass is 16.3. The fourth-order valence-corrected chi connectivity index (χ4v) is 2.34. The smallest absolute Gasteiger partial charge is 0.253 e. The Bertz CT molecular complexity index is 496. The van der Waals surface area contributed by atoms with E-state index in [0.717, 1.165) is 0 Å². The molecule has 5 heteroatoms. The summed E-state index contributed by atoms with van der Waals surface area (Å²) in [5, 5.41) is 13.5. The molecule has 0 radical (unpaired) electrons. The van der Waals surface area contributed by atoms with Gasteiger partial charge in [-0.05, 0) is 37.5 Å². The quantitative estimate of drug-likeness (QED) is 0.702. The summed E-state index contributed by atoms with van der Waals surface area (Å²) in [6.07, 6.45) is 0.691.